The Morgan fingerprint density at radius 1 is 1.26 bits per heavy atom. The van der Waals surface area contributed by atoms with Crippen LogP contribution in [0.15, 0.2) is 34.7 Å². The summed E-state index contributed by atoms with van der Waals surface area (Å²) in [5.74, 6) is 6.14. The average Bonchev–Trinajstić information content (AvgIpc) is 2.86. The van der Waals surface area contributed by atoms with Gasteiger partial charge < -0.3 is 9.15 Å². The van der Waals surface area contributed by atoms with E-state index >= 15 is 0 Å². The van der Waals surface area contributed by atoms with Gasteiger partial charge in [0.2, 0.25) is 0 Å². The molecule has 2 rings (SSSR count). The van der Waals surface area contributed by atoms with Crippen molar-refractivity contribution in [2.75, 3.05) is 0 Å². The highest BCUT2D eigenvalue weighted by atomic mass is 16.5. The molecular weight excluding hydrogens is 244 g/mol. The molecule has 0 atom stereocenters. The summed E-state index contributed by atoms with van der Waals surface area (Å²) < 4.78 is 11.0. The molecule has 0 fully saturated rings. The lowest BCUT2D eigenvalue weighted by molar-refractivity contribution is 0.0922. The van der Waals surface area contributed by atoms with Crippen LogP contribution in [0.4, 0.5) is 0 Å². The summed E-state index contributed by atoms with van der Waals surface area (Å²) in [4.78, 5) is 11.2. The van der Waals surface area contributed by atoms with Gasteiger partial charge in [-0.1, -0.05) is 18.2 Å². The van der Waals surface area contributed by atoms with E-state index < -0.39 is 5.91 Å². The Morgan fingerprint density at radius 3 is 2.58 bits per heavy atom. The number of nitrogen functional groups attached to an aromatic ring is 1. The van der Waals surface area contributed by atoms with Crippen molar-refractivity contribution in [3.63, 3.8) is 0 Å². The highest BCUT2D eigenvalue weighted by Crippen LogP contribution is 2.23. The number of hydrogen-bond acceptors (Lipinski definition) is 4. The molecule has 5 nitrogen and oxygen atoms in total. The summed E-state index contributed by atoms with van der Waals surface area (Å²) in [6.45, 7) is 4.24. The summed E-state index contributed by atoms with van der Waals surface area (Å²) in [7, 11) is 0. The lowest BCUT2D eigenvalue weighted by Gasteiger charge is -2.10. The van der Waals surface area contributed by atoms with Crippen molar-refractivity contribution < 1.29 is 13.9 Å². The van der Waals surface area contributed by atoms with Gasteiger partial charge in [-0.15, -0.1) is 0 Å². The molecule has 0 unspecified atom stereocenters. The van der Waals surface area contributed by atoms with E-state index in [-0.39, 0.29) is 12.4 Å². The van der Waals surface area contributed by atoms with Gasteiger partial charge >= 0.3 is 5.91 Å². The van der Waals surface area contributed by atoms with Crippen molar-refractivity contribution in [2.24, 2.45) is 5.84 Å². The standard InChI is InChI=1S/C14H16N2O3/c1-9-4-3-5-10(2)13(9)18-8-11-6-7-12(19-11)14(17)16-15/h3-7H,8,15H2,1-2H3,(H,16,17). The molecule has 0 bridgehead atoms. The number of amides is 1. The van der Waals surface area contributed by atoms with Gasteiger partial charge in [-0.2, -0.15) is 0 Å². The van der Waals surface area contributed by atoms with Crippen LogP contribution < -0.4 is 16.0 Å². The van der Waals surface area contributed by atoms with E-state index in [9.17, 15) is 4.79 Å². The van der Waals surface area contributed by atoms with Crippen LogP contribution in [0.25, 0.3) is 0 Å². The number of hydrogen-bond donors (Lipinski definition) is 2. The molecule has 1 amide bonds. The monoisotopic (exact) mass is 260 g/mol. The van der Waals surface area contributed by atoms with Gasteiger partial charge in [0.1, 0.15) is 18.1 Å². The first-order valence-corrected chi connectivity index (χ1v) is 5.90. The maximum absolute atomic E-state index is 11.2. The molecule has 2 aromatic rings. The summed E-state index contributed by atoms with van der Waals surface area (Å²) in [6.07, 6.45) is 0. The number of carbonyl (C=O) groups excluding carboxylic acids is 1. The molecule has 0 spiro atoms. The first kappa shape index (κ1) is 13.2. The highest BCUT2D eigenvalue weighted by molar-refractivity contribution is 5.90. The van der Waals surface area contributed by atoms with E-state index in [1.54, 1.807) is 12.1 Å². The number of carbonyl (C=O) groups is 1. The van der Waals surface area contributed by atoms with Gasteiger partial charge in [0.15, 0.2) is 5.76 Å². The van der Waals surface area contributed by atoms with E-state index in [2.05, 4.69) is 0 Å². The van der Waals surface area contributed by atoms with Gasteiger partial charge in [0.25, 0.3) is 0 Å². The van der Waals surface area contributed by atoms with Gasteiger partial charge in [-0.25, -0.2) is 5.84 Å². The summed E-state index contributed by atoms with van der Waals surface area (Å²) in [6, 6.07) is 9.20. The van der Waals surface area contributed by atoms with Crippen LogP contribution in [-0.4, -0.2) is 5.91 Å². The smallest absolute Gasteiger partial charge is 0.300 e. The van der Waals surface area contributed by atoms with Crippen LogP contribution in [0.2, 0.25) is 0 Å². The normalized spacial score (nSPS) is 10.3. The fourth-order valence-corrected chi connectivity index (χ4v) is 1.82. The van der Waals surface area contributed by atoms with Crippen molar-refractivity contribution >= 4 is 5.91 Å². The van der Waals surface area contributed by atoms with E-state index in [0.29, 0.717) is 5.76 Å². The highest BCUT2D eigenvalue weighted by Gasteiger charge is 2.10. The Bertz CT molecular complexity index is 570. The van der Waals surface area contributed by atoms with E-state index in [4.69, 9.17) is 15.0 Å². The zero-order valence-electron chi connectivity index (χ0n) is 10.9. The van der Waals surface area contributed by atoms with Crippen molar-refractivity contribution in [3.8, 4) is 5.75 Å². The minimum atomic E-state index is -0.460. The predicted octanol–water partition coefficient (Wildman–Crippen LogP) is 2.08. The second-order valence-electron chi connectivity index (χ2n) is 4.25. The number of rotatable bonds is 4. The Kier molecular flexibility index (Phi) is 3.87. The first-order chi connectivity index (χ1) is 9.11. The van der Waals surface area contributed by atoms with Crippen molar-refractivity contribution in [1.29, 1.82) is 0 Å². The fourth-order valence-electron chi connectivity index (χ4n) is 1.82. The fraction of sp³-hybridized carbons (Fsp3) is 0.214. The van der Waals surface area contributed by atoms with Crippen molar-refractivity contribution in [1.82, 2.24) is 5.43 Å². The summed E-state index contributed by atoms with van der Waals surface area (Å²) >= 11 is 0. The van der Waals surface area contributed by atoms with Crippen LogP contribution in [0, 0.1) is 13.8 Å². The average molecular weight is 260 g/mol. The second kappa shape index (κ2) is 5.58. The molecule has 100 valence electrons. The Hall–Kier alpha value is -2.27. The molecule has 0 saturated carbocycles. The maximum Gasteiger partial charge on any atom is 0.300 e. The van der Waals surface area contributed by atoms with Gasteiger partial charge in [-0.05, 0) is 37.1 Å². The molecule has 0 radical (unpaired) electrons. The Balaban J connectivity index is 2.07. The third-order valence-electron chi connectivity index (χ3n) is 2.78. The number of aryl methyl sites for hydroxylation is 2. The molecule has 1 aromatic heterocycles. The molecule has 1 aromatic carbocycles. The quantitative estimate of drug-likeness (QED) is 0.501. The van der Waals surface area contributed by atoms with Gasteiger partial charge in [0, 0.05) is 0 Å². The molecule has 0 saturated heterocycles. The second-order valence-corrected chi connectivity index (χ2v) is 4.25. The van der Waals surface area contributed by atoms with E-state index in [1.807, 2.05) is 37.5 Å². The number of furan rings is 1. The van der Waals surface area contributed by atoms with Gasteiger partial charge in [0.05, 0.1) is 0 Å². The van der Waals surface area contributed by atoms with E-state index in [1.165, 1.54) is 0 Å². The topological polar surface area (TPSA) is 77.5 Å². The predicted molar refractivity (Wildman–Crippen MR) is 70.6 cm³/mol. The zero-order chi connectivity index (χ0) is 13.8. The van der Waals surface area contributed by atoms with Crippen LogP contribution in [0.1, 0.15) is 27.4 Å². The molecule has 19 heavy (non-hydrogen) atoms. The zero-order valence-corrected chi connectivity index (χ0v) is 10.9. The number of para-hydroxylation sites is 1. The SMILES string of the molecule is Cc1cccc(C)c1OCc1ccc(C(=O)NN)o1. The minimum absolute atomic E-state index is 0.169. The molecule has 0 aliphatic heterocycles. The lowest BCUT2D eigenvalue weighted by Crippen LogP contribution is -2.29. The van der Waals surface area contributed by atoms with Crippen LogP contribution in [0.5, 0.6) is 5.75 Å². The molecule has 5 heteroatoms. The number of benzene rings is 1. The summed E-state index contributed by atoms with van der Waals surface area (Å²) in [5, 5.41) is 0. The maximum atomic E-state index is 11.2. The molecule has 3 N–H and O–H groups in total. The Morgan fingerprint density at radius 2 is 1.95 bits per heavy atom. The third kappa shape index (κ3) is 2.95. The largest absolute Gasteiger partial charge is 0.485 e. The molecule has 0 aliphatic carbocycles. The van der Waals surface area contributed by atoms with Crippen LogP contribution >= 0.6 is 0 Å². The number of hydrazine groups is 1. The van der Waals surface area contributed by atoms with Gasteiger partial charge in [-0.3, -0.25) is 10.2 Å². The van der Waals surface area contributed by atoms with Crippen LogP contribution in [0.3, 0.4) is 0 Å². The summed E-state index contributed by atoms with van der Waals surface area (Å²) in [5.41, 5.74) is 4.14. The van der Waals surface area contributed by atoms with Crippen molar-refractivity contribution in [2.45, 2.75) is 20.5 Å². The molecular formula is C14H16N2O3. The minimum Gasteiger partial charge on any atom is -0.485 e. The number of ether oxygens (including phenoxy) is 1. The van der Waals surface area contributed by atoms with Crippen LogP contribution in [-0.2, 0) is 6.61 Å². The molecule has 0 aliphatic rings. The van der Waals surface area contributed by atoms with Crippen molar-refractivity contribution in [3.05, 3.63) is 53.0 Å². The Labute approximate surface area is 111 Å². The lowest BCUT2D eigenvalue weighted by atomic mass is 10.1. The molecule has 1 heterocycles. The van der Waals surface area contributed by atoms with E-state index in [0.717, 1.165) is 16.9 Å². The third-order valence-corrected chi connectivity index (χ3v) is 2.78. The first-order valence-electron chi connectivity index (χ1n) is 5.90. The number of nitrogens with two attached hydrogens (primary N) is 1. The number of nitrogens with one attached hydrogen (secondary N) is 1.